The van der Waals surface area contributed by atoms with Crippen LogP contribution in [0.25, 0.3) is 0 Å². The Morgan fingerprint density at radius 1 is 0.893 bits per heavy atom. The Balaban J connectivity index is 1.33. The SMILES string of the molecule is CC(C)(COCc1cccc(Oc2ccccc2)c1)c1ccc(C2CO2)cc1. The maximum Gasteiger partial charge on any atom is 0.127 e. The Bertz CT molecular complexity index is 897. The lowest BCUT2D eigenvalue weighted by molar-refractivity contribution is 0.0824. The fourth-order valence-electron chi connectivity index (χ4n) is 3.22. The molecule has 0 aromatic heterocycles. The molecule has 0 aliphatic carbocycles. The molecule has 3 aromatic rings. The summed E-state index contributed by atoms with van der Waals surface area (Å²) >= 11 is 0. The van der Waals surface area contributed by atoms with Crippen molar-refractivity contribution in [3.8, 4) is 11.5 Å². The van der Waals surface area contributed by atoms with Gasteiger partial charge in [0, 0.05) is 5.41 Å². The van der Waals surface area contributed by atoms with Gasteiger partial charge < -0.3 is 14.2 Å². The third-order valence-electron chi connectivity index (χ3n) is 5.01. The van der Waals surface area contributed by atoms with Gasteiger partial charge in [0.15, 0.2) is 0 Å². The number of rotatable bonds is 8. The average Bonchev–Trinajstić information content (AvgIpc) is 3.54. The molecule has 1 fully saturated rings. The van der Waals surface area contributed by atoms with Crippen molar-refractivity contribution in [2.24, 2.45) is 0 Å². The molecule has 1 atom stereocenters. The van der Waals surface area contributed by atoms with Gasteiger partial charge in [0.2, 0.25) is 0 Å². The predicted octanol–water partition coefficient (Wildman–Crippen LogP) is 6.04. The van der Waals surface area contributed by atoms with Crippen LogP contribution >= 0.6 is 0 Å². The van der Waals surface area contributed by atoms with Crippen molar-refractivity contribution < 1.29 is 14.2 Å². The lowest BCUT2D eigenvalue weighted by Gasteiger charge is -2.25. The van der Waals surface area contributed by atoms with Crippen molar-refractivity contribution in [1.82, 2.24) is 0 Å². The fraction of sp³-hybridized carbons (Fsp3) is 0.280. The summed E-state index contributed by atoms with van der Waals surface area (Å²) in [5.41, 5.74) is 3.58. The van der Waals surface area contributed by atoms with E-state index in [1.54, 1.807) is 0 Å². The molecule has 0 radical (unpaired) electrons. The van der Waals surface area contributed by atoms with Gasteiger partial charge in [-0.3, -0.25) is 0 Å². The lowest BCUT2D eigenvalue weighted by Crippen LogP contribution is -2.24. The van der Waals surface area contributed by atoms with Gasteiger partial charge in [-0.2, -0.15) is 0 Å². The molecule has 0 N–H and O–H groups in total. The molecule has 3 nitrogen and oxygen atoms in total. The van der Waals surface area contributed by atoms with E-state index in [-0.39, 0.29) is 5.41 Å². The summed E-state index contributed by atoms with van der Waals surface area (Å²) in [5.74, 6) is 1.66. The van der Waals surface area contributed by atoms with Crippen LogP contribution in [0.1, 0.15) is 36.6 Å². The molecule has 4 rings (SSSR count). The maximum atomic E-state index is 6.05. The molecule has 0 bridgehead atoms. The molecule has 1 saturated heterocycles. The first-order valence-corrected chi connectivity index (χ1v) is 9.72. The number of para-hydroxylation sites is 1. The standard InChI is InChI=1S/C25H26O3/c1-25(2,21-13-11-20(12-14-21)24-17-27-24)18-26-16-19-7-6-10-23(15-19)28-22-8-4-3-5-9-22/h3-15,24H,16-18H2,1-2H3. The summed E-state index contributed by atoms with van der Waals surface area (Å²) in [5, 5.41) is 0. The van der Waals surface area contributed by atoms with Crippen LogP contribution in [0.5, 0.6) is 11.5 Å². The van der Waals surface area contributed by atoms with Crippen LogP contribution in [-0.2, 0) is 21.5 Å². The average molecular weight is 374 g/mol. The number of epoxide rings is 1. The van der Waals surface area contributed by atoms with E-state index in [0.29, 0.717) is 19.3 Å². The van der Waals surface area contributed by atoms with Gasteiger partial charge in [0.25, 0.3) is 0 Å². The minimum absolute atomic E-state index is 0.0545. The van der Waals surface area contributed by atoms with E-state index in [1.165, 1.54) is 11.1 Å². The summed E-state index contributed by atoms with van der Waals surface area (Å²) in [6.45, 7) is 6.48. The van der Waals surface area contributed by atoms with Crippen molar-refractivity contribution in [2.75, 3.05) is 13.2 Å². The monoisotopic (exact) mass is 374 g/mol. The molecule has 3 heteroatoms. The second kappa shape index (κ2) is 8.17. The largest absolute Gasteiger partial charge is 0.457 e. The van der Waals surface area contributed by atoms with Gasteiger partial charge in [-0.15, -0.1) is 0 Å². The zero-order valence-corrected chi connectivity index (χ0v) is 16.4. The normalized spacial score (nSPS) is 16.0. The molecular formula is C25H26O3. The second-order valence-corrected chi connectivity index (χ2v) is 7.88. The zero-order valence-electron chi connectivity index (χ0n) is 16.4. The summed E-state index contributed by atoms with van der Waals surface area (Å²) in [7, 11) is 0. The Kier molecular flexibility index (Phi) is 5.47. The third kappa shape index (κ3) is 4.80. The first kappa shape index (κ1) is 18.7. The third-order valence-corrected chi connectivity index (χ3v) is 5.01. The highest BCUT2D eigenvalue weighted by atomic mass is 16.6. The first-order chi connectivity index (χ1) is 13.6. The zero-order chi connectivity index (χ0) is 19.4. The smallest absolute Gasteiger partial charge is 0.127 e. The van der Waals surface area contributed by atoms with E-state index in [2.05, 4.69) is 44.2 Å². The molecule has 0 amide bonds. The van der Waals surface area contributed by atoms with Crippen LogP contribution in [0.3, 0.4) is 0 Å². The first-order valence-electron chi connectivity index (χ1n) is 9.72. The van der Waals surface area contributed by atoms with Gasteiger partial charge in [-0.05, 0) is 41.0 Å². The predicted molar refractivity (Wildman–Crippen MR) is 111 cm³/mol. The summed E-state index contributed by atoms with van der Waals surface area (Å²) < 4.78 is 17.3. The number of benzene rings is 3. The molecule has 1 aliphatic rings. The van der Waals surface area contributed by atoms with E-state index < -0.39 is 0 Å². The molecule has 3 aromatic carbocycles. The van der Waals surface area contributed by atoms with Gasteiger partial charge in [-0.1, -0.05) is 68.4 Å². The summed E-state index contributed by atoms with van der Waals surface area (Å²) in [6, 6.07) is 26.6. The summed E-state index contributed by atoms with van der Waals surface area (Å²) in [4.78, 5) is 0. The highest BCUT2D eigenvalue weighted by Crippen LogP contribution is 2.32. The highest BCUT2D eigenvalue weighted by molar-refractivity contribution is 5.34. The molecule has 0 saturated carbocycles. The van der Waals surface area contributed by atoms with Crippen LogP contribution in [0.15, 0.2) is 78.9 Å². The van der Waals surface area contributed by atoms with Crippen LogP contribution < -0.4 is 4.74 Å². The van der Waals surface area contributed by atoms with Gasteiger partial charge in [-0.25, -0.2) is 0 Å². The van der Waals surface area contributed by atoms with E-state index >= 15 is 0 Å². The van der Waals surface area contributed by atoms with Crippen molar-refractivity contribution in [3.05, 3.63) is 95.6 Å². The van der Waals surface area contributed by atoms with Crippen LogP contribution in [-0.4, -0.2) is 13.2 Å². The molecule has 28 heavy (non-hydrogen) atoms. The number of hydrogen-bond donors (Lipinski definition) is 0. The molecule has 144 valence electrons. The molecular weight excluding hydrogens is 348 g/mol. The minimum Gasteiger partial charge on any atom is -0.457 e. The Hall–Kier alpha value is -2.62. The van der Waals surface area contributed by atoms with E-state index in [4.69, 9.17) is 14.2 Å². The molecule has 1 unspecified atom stereocenters. The lowest BCUT2D eigenvalue weighted by atomic mass is 9.85. The summed E-state index contributed by atoms with van der Waals surface area (Å²) in [6.07, 6.45) is 0.304. The Labute approximate surface area is 166 Å². The minimum atomic E-state index is -0.0545. The fourth-order valence-corrected chi connectivity index (χ4v) is 3.22. The quantitative estimate of drug-likeness (QED) is 0.450. The van der Waals surface area contributed by atoms with Crippen LogP contribution in [0, 0.1) is 0 Å². The maximum absolute atomic E-state index is 6.05. The van der Waals surface area contributed by atoms with Gasteiger partial charge in [0.1, 0.15) is 17.6 Å². The van der Waals surface area contributed by atoms with Crippen LogP contribution in [0.2, 0.25) is 0 Å². The van der Waals surface area contributed by atoms with E-state index in [0.717, 1.165) is 23.7 Å². The molecule has 0 spiro atoms. The molecule has 1 aliphatic heterocycles. The van der Waals surface area contributed by atoms with Crippen molar-refractivity contribution >= 4 is 0 Å². The second-order valence-electron chi connectivity index (χ2n) is 7.88. The number of hydrogen-bond acceptors (Lipinski definition) is 3. The van der Waals surface area contributed by atoms with Crippen molar-refractivity contribution in [2.45, 2.75) is 32.0 Å². The van der Waals surface area contributed by atoms with Gasteiger partial charge >= 0.3 is 0 Å². The van der Waals surface area contributed by atoms with E-state index in [9.17, 15) is 0 Å². The van der Waals surface area contributed by atoms with Crippen molar-refractivity contribution in [3.63, 3.8) is 0 Å². The Morgan fingerprint density at radius 3 is 2.32 bits per heavy atom. The highest BCUT2D eigenvalue weighted by Gasteiger charge is 2.26. The topological polar surface area (TPSA) is 31.0 Å². The van der Waals surface area contributed by atoms with Gasteiger partial charge in [0.05, 0.1) is 19.8 Å². The van der Waals surface area contributed by atoms with Crippen LogP contribution in [0.4, 0.5) is 0 Å². The van der Waals surface area contributed by atoms with E-state index in [1.807, 2.05) is 48.5 Å². The number of ether oxygens (including phenoxy) is 3. The van der Waals surface area contributed by atoms with Crippen molar-refractivity contribution in [1.29, 1.82) is 0 Å². The Morgan fingerprint density at radius 2 is 1.61 bits per heavy atom. The molecule has 1 heterocycles.